The number of likely N-dealkylation sites (tertiary alicyclic amines) is 1. The third-order valence-electron chi connectivity index (χ3n) is 6.00. The fourth-order valence-electron chi connectivity index (χ4n) is 4.14. The largest absolute Gasteiger partial charge is 0.496 e. The fourth-order valence-corrected chi connectivity index (χ4v) is 4.58. The van der Waals surface area contributed by atoms with Gasteiger partial charge >= 0.3 is 0 Å². The maximum atomic E-state index is 11.7. The van der Waals surface area contributed by atoms with Crippen LogP contribution in [0.15, 0.2) is 30.3 Å². The van der Waals surface area contributed by atoms with Crippen molar-refractivity contribution in [2.24, 2.45) is 11.7 Å². The molecular weight excluding hydrogens is 437 g/mol. The number of ether oxygens (including phenoxy) is 1. The predicted octanol–water partition coefficient (Wildman–Crippen LogP) is 4.06. The number of aliphatic hydroxyl groups excluding tert-OH is 1. The number of halogens is 2. The lowest BCUT2D eigenvalue weighted by Gasteiger charge is -2.32. The number of piperidine rings is 1. The smallest absolute Gasteiger partial charge is 0.252 e. The van der Waals surface area contributed by atoms with Crippen LogP contribution in [0.4, 0.5) is 5.69 Å². The van der Waals surface area contributed by atoms with Crippen LogP contribution in [0.25, 0.3) is 0 Å². The number of nitrogens with zero attached hydrogens (tertiary/aromatic N) is 1. The fraction of sp³-hybridized carbons (Fsp3) is 0.435. The lowest BCUT2D eigenvalue weighted by atomic mass is 9.88. The van der Waals surface area contributed by atoms with Crippen molar-refractivity contribution in [2.45, 2.75) is 31.8 Å². The quantitative estimate of drug-likeness (QED) is 0.510. The van der Waals surface area contributed by atoms with Crippen LogP contribution in [0.5, 0.6) is 5.75 Å². The molecule has 8 heteroatoms. The molecule has 0 bridgehead atoms. The van der Waals surface area contributed by atoms with Gasteiger partial charge in [0.1, 0.15) is 5.75 Å². The van der Waals surface area contributed by atoms with E-state index < -0.39 is 12.0 Å². The zero-order valence-corrected chi connectivity index (χ0v) is 19.1. The second-order valence-electron chi connectivity index (χ2n) is 8.05. The van der Waals surface area contributed by atoms with Gasteiger partial charge in [-0.15, -0.1) is 0 Å². The van der Waals surface area contributed by atoms with E-state index in [0.717, 1.165) is 44.5 Å². The van der Waals surface area contributed by atoms with E-state index in [-0.39, 0.29) is 0 Å². The standard InChI is InChI=1S/C23H29Cl2N3O3/c1-31-21-13-19(26)15(12-17(21)23(27)30)11-14-5-8-28(9-6-14)10-7-20(29)16-3-2-4-18(24)22(16)25/h2-4,12-14,20,29H,5-11,26H2,1H3,(H2,27,30). The van der Waals surface area contributed by atoms with Gasteiger partial charge in [0, 0.05) is 23.9 Å². The summed E-state index contributed by atoms with van der Waals surface area (Å²) in [7, 11) is 1.49. The Morgan fingerprint density at radius 1 is 1.29 bits per heavy atom. The molecule has 0 spiro atoms. The summed E-state index contributed by atoms with van der Waals surface area (Å²) in [5, 5.41) is 11.4. The number of rotatable bonds is 8. The number of hydrogen-bond acceptors (Lipinski definition) is 5. The lowest BCUT2D eigenvalue weighted by Crippen LogP contribution is -2.35. The number of nitrogens with two attached hydrogens (primary N) is 2. The lowest BCUT2D eigenvalue weighted by molar-refractivity contribution is 0.0997. The molecule has 1 atom stereocenters. The second kappa shape index (κ2) is 10.6. The highest BCUT2D eigenvalue weighted by Gasteiger charge is 2.23. The molecule has 31 heavy (non-hydrogen) atoms. The predicted molar refractivity (Wildman–Crippen MR) is 125 cm³/mol. The Labute approximate surface area is 193 Å². The number of methoxy groups -OCH3 is 1. The number of hydrogen-bond donors (Lipinski definition) is 3. The van der Waals surface area contributed by atoms with E-state index in [1.165, 1.54) is 7.11 Å². The first-order valence-corrected chi connectivity index (χ1v) is 11.2. The molecule has 1 unspecified atom stereocenters. The summed E-state index contributed by atoms with van der Waals surface area (Å²) in [4.78, 5) is 14.1. The van der Waals surface area contributed by atoms with Gasteiger partial charge in [-0.25, -0.2) is 0 Å². The van der Waals surface area contributed by atoms with Crippen LogP contribution in [0.1, 0.15) is 46.9 Å². The van der Waals surface area contributed by atoms with Crippen LogP contribution >= 0.6 is 23.2 Å². The SMILES string of the molecule is COc1cc(N)c(CC2CCN(CCC(O)c3cccc(Cl)c3Cl)CC2)cc1C(N)=O. The number of aliphatic hydroxyl groups is 1. The first-order chi connectivity index (χ1) is 14.8. The van der Waals surface area contributed by atoms with E-state index in [0.29, 0.717) is 44.9 Å². The maximum Gasteiger partial charge on any atom is 0.252 e. The topological polar surface area (TPSA) is 102 Å². The van der Waals surface area contributed by atoms with Crippen LogP contribution in [0, 0.1) is 5.92 Å². The van der Waals surface area contributed by atoms with Crippen molar-refractivity contribution < 1.29 is 14.6 Å². The average Bonchev–Trinajstić information content (AvgIpc) is 2.75. The van der Waals surface area contributed by atoms with Crippen molar-refractivity contribution in [1.29, 1.82) is 0 Å². The van der Waals surface area contributed by atoms with Crippen LogP contribution in [-0.2, 0) is 6.42 Å². The van der Waals surface area contributed by atoms with Gasteiger partial charge in [-0.2, -0.15) is 0 Å². The number of carbonyl (C=O) groups excluding carboxylic acids is 1. The highest BCUT2D eigenvalue weighted by atomic mass is 35.5. The summed E-state index contributed by atoms with van der Waals surface area (Å²) in [5.41, 5.74) is 14.2. The van der Waals surface area contributed by atoms with E-state index >= 15 is 0 Å². The van der Waals surface area contributed by atoms with Crippen molar-refractivity contribution in [3.63, 3.8) is 0 Å². The molecule has 0 radical (unpaired) electrons. The molecule has 1 heterocycles. The van der Waals surface area contributed by atoms with Crippen molar-refractivity contribution in [3.05, 3.63) is 57.1 Å². The normalized spacial score (nSPS) is 16.3. The Bertz CT molecular complexity index is 931. The summed E-state index contributed by atoms with van der Waals surface area (Å²) in [5.74, 6) is 0.355. The van der Waals surface area contributed by atoms with E-state index in [1.807, 2.05) is 6.07 Å². The molecule has 1 aliphatic rings. The molecule has 3 rings (SSSR count). The second-order valence-corrected chi connectivity index (χ2v) is 8.84. The number of amides is 1. The summed E-state index contributed by atoms with van der Waals surface area (Å²) in [6.45, 7) is 2.67. The minimum absolute atomic E-state index is 0.359. The molecule has 1 aliphatic heterocycles. The van der Waals surface area contributed by atoms with Crippen LogP contribution < -0.4 is 16.2 Å². The third-order valence-corrected chi connectivity index (χ3v) is 6.84. The molecule has 2 aromatic carbocycles. The summed E-state index contributed by atoms with van der Waals surface area (Å²) in [6, 6.07) is 8.76. The van der Waals surface area contributed by atoms with Gasteiger partial charge in [0.25, 0.3) is 5.91 Å². The molecule has 168 valence electrons. The minimum Gasteiger partial charge on any atom is -0.496 e. The van der Waals surface area contributed by atoms with E-state index in [4.69, 9.17) is 39.4 Å². The first kappa shape index (κ1) is 23.7. The van der Waals surface area contributed by atoms with Gasteiger partial charge in [0.2, 0.25) is 0 Å². The van der Waals surface area contributed by atoms with E-state index in [2.05, 4.69) is 4.90 Å². The summed E-state index contributed by atoms with van der Waals surface area (Å²) in [6.07, 6.45) is 2.79. The molecule has 0 aliphatic carbocycles. The Morgan fingerprint density at radius 2 is 2.00 bits per heavy atom. The number of anilines is 1. The van der Waals surface area contributed by atoms with Gasteiger partial charge in [0.15, 0.2) is 0 Å². The van der Waals surface area contributed by atoms with E-state index in [1.54, 1.807) is 24.3 Å². The highest BCUT2D eigenvalue weighted by molar-refractivity contribution is 6.42. The molecule has 5 N–H and O–H groups in total. The Balaban J connectivity index is 1.53. The zero-order valence-electron chi connectivity index (χ0n) is 17.6. The average molecular weight is 466 g/mol. The number of benzene rings is 2. The number of nitrogen functional groups attached to an aromatic ring is 1. The van der Waals surface area contributed by atoms with Crippen molar-refractivity contribution >= 4 is 34.8 Å². The van der Waals surface area contributed by atoms with Gasteiger partial charge in [-0.1, -0.05) is 35.3 Å². The Morgan fingerprint density at radius 3 is 2.65 bits per heavy atom. The molecule has 1 fully saturated rings. The molecule has 6 nitrogen and oxygen atoms in total. The molecule has 0 saturated carbocycles. The highest BCUT2D eigenvalue weighted by Crippen LogP contribution is 2.32. The first-order valence-electron chi connectivity index (χ1n) is 10.4. The third kappa shape index (κ3) is 5.83. The molecule has 2 aromatic rings. The molecular formula is C23H29Cl2N3O3. The molecule has 0 aromatic heterocycles. The van der Waals surface area contributed by atoms with Gasteiger partial charge in [-0.3, -0.25) is 4.79 Å². The summed E-state index contributed by atoms with van der Waals surface area (Å²) < 4.78 is 5.21. The number of primary amides is 1. The van der Waals surface area contributed by atoms with Crippen molar-refractivity contribution in [2.75, 3.05) is 32.5 Å². The van der Waals surface area contributed by atoms with Crippen molar-refractivity contribution in [3.8, 4) is 5.75 Å². The van der Waals surface area contributed by atoms with Gasteiger partial charge in [-0.05, 0) is 62.4 Å². The summed E-state index contributed by atoms with van der Waals surface area (Å²) >= 11 is 12.3. The number of carbonyl (C=O) groups is 1. The van der Waals surface area contributed by atoms with E-state index in [9.17, 15) is 9.90 Å². The van der Waals surface area contributed by atoms with Crippen molar-refractivity contribution in [1.82, 2.24) is 4.90 Å². The minimum atomic E-state index is -0.643. The van der Waals surface area contributed by atoms with Gasteiger partial charge < -0.3 is 26.2 Å². The zero-order chi connectivity index (χ0) is 22.5. The van der Waals surface area contributed by atoms with Crippen LogP contribution in [0.2, 0.25) is 10.0 Å². The monoisotopic (exact) mass is 465 g/mol. The maximum absolute atomic E-state index is 11.7. The Kier molecular flexibility index (Phi) is 8.06. The van der Waals surface area contributed by atoms with Crippen LogP contribution in [-0.4, -0.2) is 42.7 Å². The molecule has 1 amide bonds. The van der Waals surface area contributed by atoms with Gasteiger partial charge in [0.05, 0.1) is 28.8 Å². The van der Waals surface area contributed by atoms with Crippen LogP contribution in [0.3, 0.4) is 0 Å². The molecule has 1 saturated heterocycles. The Hall–Kier alpha value is -1.99.